The lowest BCUT2D eigenvalue weighted by molar-refractivity contribution is -0.118. The van der Waals surface area contributed by atoms with Crippen molar-refractivity contribution in [3.05, 3.63) is 37.0 Å². The first-order chi connectivity index (χ1) is 6.04. The molecule has 1 N–H and O–H groups in total. The largest absolute Gasteiger partial charge is 0.357 e. The molecular formula is C11H19NO. The zero-order valence-electron chi connectivity index (χ0n) is 8.76. The summed E-state index contributed by atoms with van der Waals surface area (Å²) in [5.41, 5.74) is 1.06. The Balaban J connectivity index is 0. The molecule has 0 rings (SSSR count). The summed E-state index contributed by atoms with van der Waals surface area (Å²) in [4.78, 5) is 9.93. The standard InChI is InChI=1S/C7H10.C4H9NO/c1-4-5-6-7(2)3;1-3-5-4(2)6/h4-6H,1-2H2,3H3;3H2,1-2H3,(H,5,6)/b6-5-;. The first-order valence-corrected chi connectivity index (χ1v) is 4.23. The maximum atomic E-state index is 9.93. The van der Waals surface area contributed by atoms with Crippen LogP contribution >= 0.6 is 0 Å². The molecule has 0 bridgehead atoms. The molecule has 0 saturated heterocycles. The number of amides is 1. The summed E-state index contributed by atoms with van der Waals surface area (Å²) in [6.45, 7) is 13.2. The average molecular weight is 181 g/mol. The molecule has 0 aromatic heterocycles. The Hall–Kier alpha value is -1.31. The van der Waals surface area contributed by atoms with E-state index in [9.17, 15) is 4.79 Å². The molecule has 0 heterocycles. The highest BCUT2D eigenvalue weighted by Crippen LogP contribution is 1.86. The number of allylic oxidation sites excluding steroid dienone is 4. The quantitative estimate of drug-likeness (QED) is 0.666. The van der Waals surface area contributed by atoms with E-state index < -0.39 is 0 Å². The van der Waals surface area contributed by atoms with Crippen LogP contribution in [0.4, 0.5) is 0 Å². The molecule has 13 heavy (non-hydrogen) atoms. The van der Waals surface area contributed by atoms with Crippen molar-refractivity contribution in [2.45, 2.75) is 20.8 Å². The van der Waals surface area contributed by atoms with Gasteiger partial charge in [0.1, 0.15) is 0 Å². The van der Waals surface area contributed by atoms with Crippen LogP contribution < -0.4 is 5.32 Å². The van der Waals surface area contributed by atoms with Gasteiger partial charge in [-0.1, -0.05) is 37.0 Å². The SMILES string of the molecule is C=C/C=C\C(=C)C.CCNC(C)=O. The summed E-state index contributed by atoms with van der Waals surface area (Å²) in [5, 5.41) is 2.57. The van der Waals surface area contributed by atoms with Gasteiger partial charge in [-0.25, -0.2) is 0 Å². The molecule has 0 radical (unpaired) electrons. The van der Waals surface area contributed by atoms with E-state index in [2.05, 4.69) is 18.5 Å². The number of hydrogen-bond donors (Lipinski definition) is 1. The number of hydrogen-bond acceptors (Lipinski definition) is 1. The molecule has 74 valence electrons. The van der Waals surface area contributed by atoms with Gasteiger partial charge in [-0.15, -0.1) is 0 Å². The minimum absolute atomic E-state index is 0.0394. The first-order valence-electron chi connectivity index (χ1n) is 4.23. The molecule has 0 saturated carbocycles. The number of carbonyl (C=O) groups excluding carboxylic acids is 1. The molecule has 2 nitrogen and oxygen atoms in total. The highest BCUT2D eigenvalue weighted by Gasteiger charge is 1.79. The summed E-state index contributed by atoms with van der Waals surface area (Å²) in [6, 6.07) is 0. The third kappa shape index (κ3) is 24.9. The minimum Gasteiger partial charge on any atom is -0.357 e. The van der Waals surface area contributed by atoms with Crippen molar-refractivity contribution in [2.75, 3.05) is 6.54 Å². The molecule has 0 spiro atoms. The molecule has 0 atom stereocenters. The van der Waals surface area contributed by atoms with Gasteiger partial charge in [-0.2, -0.15) is 0 Å². The number of carbonyl (C=O) groups is 1. The van der Waals surface area contributed by atoms with Crippen LogP contribution in [-0.4, -0.2) is 12.5 Å². The van der Waals surface area contributed by atoms with Crippen LogP contribution in [0.1, 0.15) is 20.8 Å². The summed E-state index contributed by atoms with van der Waals surface area (Å²) in [7, 11) is 0. The maximum Gasteiger partial charge on any atom is 0.216 e. The van der Waals surface area contributed by atoms with Crippen molar-refractivity contribution in [3.63, 3.8) is 0 Å². The van der Waals surface area contributed by atoms with Gasteiger partial charge in [-0.05, 0) is 13.8 Å². The smallest absolute Gasteiger partial charge is 0.216 e. The lowest BCUT2D eigenvalue weighted by Crippen LogP contribution is -2.18. The summed E-state index contributed by atoms with van der Waals surface area (Å²) < 4.78 is 0. The zero-order chi connectivity index (χ0) is 10.7. The van der Waals surface area contributed by atoms with Crippen LogP contribution in [-0.2, 0) is 4.79 Å². The fraction of sp³-hybridized carbons (Fsp3) is 0.364. The van der Waals surface area contributed by atoms with E-state index in [1.54, 1.807) is 6.08 Å². The lowest BCUT2D eigenvalue weighted by Gasteiger charge is -1.88. The molecule has 0 aromatic rings. The Morgan fingerprint density at radius 2 is 2.00 bits per heavy atom. The van der Waals surface area contributed by atoms with Crippen molar-refractivity contribution in [3.8, 4) is 0 Å². The molecule has 0 aliphatic carbocycles. The second-order valence-electron chi connectivity index (χ2n) is 2.53. The van der Waals surface area contributed by atoms with Crippen LogP contribution in [0.3, 0.4) is 0 Å². The molecule has 2 heteroatoms. The van der Waals surface area contributed by atoms with E-state index in [1.165, 1.54) is 6.92 Å². The molecule has 0 aliphatic heterocycles. The third-order valence-electron chi connectivity index (χ3n) is 0.943. The van der Waals surface area contributed by atoms with Crippen molar-refractivity contribution < 1.29 is 4.79 Å². The zero-order valence-corrected chi connectivity index (χ0v) is 8.76. The fourth-order valence-corrected chi connectivity index (χ4v) is 0.481. The van der Waals surface area contributed by atoms with Gasteiger partial charge in [0.15, 0.2) is 0 Å². The molecule has 0 fully saturated rings. The van der Waals surface area contributed by atoms with Gasteiger partial charge in [0, 0.05) is 13.5 Å². The van der Waals surface area contributed by atoms with Crippen molar-refractivity contribution in [1.82, 2.24) is 5.32 Å². The Morgan fingerprint density at radius 3 is 2.08 bits per heavy atom. The van der Waals surface area contributed by atoms with E-state index in [1.807, 2.05) is 26.0 Å². The van der Waals surface area contributed by atoms with Crippen molar-refractivity contribution >= 4 is 5.91 Å². The molecule has 0 unspecified atom stereocenters. The second-order valence-corrected chi connectivity index (χ2v) is 2.53. The molecule has 0 aliphatic rings. The van der Waals surface area contributed by atoms with Gasteiger partial charge >= 0.3 is 0 Å². The van der Waals surface area contributed by atoms with Gasteiger partial charge in [0.2, 0.25) is 5.91 Å². The van der Waals surface area contributed by atoms with Crippen LogP contribution in [0.5, 0.6) is 0 Å². The van der Waals surface area contributed by atoms with Crippen LogP contribution in [0.15, 0.2) is 37.0 Å². The first kappa shape index (κ1) is 14.2. The summed E-state index contributed by atoms with van der Waals surface area (Å²) in [5.74, 6) is 0.0394. The maximum absolute atomic E-state index is 9.93. The predicted octanol–water partition coefficient (Wildman–Crippen LogP) is 2.45. The average Bonchev–Trinajstić information content (AvgIpc) is 2.01. The predicted molar refractivity (Wildman–Crippen MR) is 58.5 cm³/mol. The van der Waals surface area contributed by atoms with Crippen molar-refractivity contribution in [2.24, 2.45) is 0 Å². The normalized spacial score (nSPS) is 8.54. The van der Waals surface area contributed by atoms with Gasteiger partial charge in [-0.3, -0.25) is 4.79 Å². The van der Waals surface area contributed by atoms with Gasteiger partial charge < -0.3 is 5.32 Å². The Labute approximate surface area is 81.0 Å². The van der Waals surface area contributed by atoms with E-state index >= 15 is 0 Å². The topological polar surface area (TPSA) is 29.1 Å². The fourth-order valence-electron chi connectivity index (χ4n) is 0.481. The second kappa shape index (κ2) is 10.7. The monoisotopic (exact) mass is 181 g/mol. The summed E-state index contributed by atoms with van der Waals surface area (Å²) >= 11 is 0. The highest BCUT2D eigenvalue weighted by atomic mass is 16.1. The van der Waals surface area contributed by atoms with Gasteiger partial charge in [0.05, 0.1) is 0 Å². The van der Waals surface area contributed by atoms with E-state index in [4.69, 9.17) is 0 Å². The minimum atomic E-state index is 0.0394. The molecule has 1 amide bonds. The van der Waals surface area contributed by atoms with Gasteiger partial charge in [0.25, 0.3) is 0 Å². The number of nitrogens with one attached hydrogen (secondary N) is 1. The van der Waals surface area contributed by atoms with Crippen LogP contribution in [0, 0.1) is 0 Å². The van der Waals surface area contributed by atoms with Crippen LogP contribution in [0.2, 0.25) is 0 Å². The van der Waals surface area contributed by atoms with E-state index in [0.717, 1.165) is 12.1 Å². The lowest BCUT2D eigenvalue weighted by atomic mass is 10.3. The Morgan fingerprint density at radius 1 is 1.46 bits per heavy atom. The summed E-state index contributed by atoms with van der Waals surface area (Å²) in [6.07, 6.45) is 5.50. The Bertz CT molecular complexity index is 192. The van der Waals surface area contributed by atoms with E-state index in [-0.39, 0.29) is 5.91 Å². The third-order valence-corrected chi connectivity index (χ3v) is 0.943. The highest BCUT2D eigenvalue weighted by molar-refractivity contribution is 5.72. The molecule has 0 aromatic carbocycles. The number of rotatable bonds is 3. The van der Waals surface area contributed by atoms with E-state index in [0.29, 0.717) is 0 Å². The molecular weight excluding hydrogens is 162 g/mol. The van der Waals surface area contributed by atoms with Crippen molar-refractivity contribution in [1.29, 1.82) is 0 Å². The Kier molecular flexibility index (Phi) is 11.7. The van der Waals surface area contributed by atoms with Crippen LogP contribution in [0.25, 0.3) is 0 Å².